The number of esters is 1. The Kier molecular flexibility index (Phi) is 4.36. The van der Waals surface area contributed by atoms with E-state index in [2.05, 4.69) is 4.90 Å². The Labute approximate surface area is 130 Å². The molecule has 1 aromatic carbocycles. The topological polar surface area (TPSA) is 59.0 Å². The van der Waals surface area contributed by atoms with E-state index >= 15 is 0 Å². The second-order valence-electron chi connectivity index (χ2n) is 6.30. The van der Waals surface area contributed by atoms with Gasteiger partial charge >= 0.3 is 5.97 Å². The van der Waals surface area contributed by atoms with Crippen molar-refractivity contribution in [1.82, 2.24) is 4.90 Å². The predicted octanol–water partition coefficient (Wildman–Crippen LogP) is 1.38. The predicted molar refractivity (Wildman–Crippen MR) is 81.8 cm³/mol. The molecule has 0 spiro atoms. The van der Waals surface area contributed by atoms with E-state index in [1.165, 1.54) is 0 Å². The van der Waals surface area contributed by atoms with Gasteiger partial charge in [0.2, 0.25) is 0 Å². The molecule has 0 aliphatic carbocycles. The molecule has 2 bridgehead atoms. The molecule has 0 amide bonds. The molecule has 120 valence electrons. The molecule has 1 aromatic rings. The highest BCUT2D eigenvalue weighted by Crippen LogP contribution is 2.35. The molecule has 5 nitrogen and oxygen atoms in total. The van der Waals surface area contributed by atoms with Gasteiger partial charge in [0.1, 0.15) is 11.9 Å². The zero-order valence-corrected chi connectivity index (χ0v) is 13.1. The van der Waals surface area contributed by atoms with Gasteiger partial charge in [-0.2, -0.15) is 0 Å². The van der Waals surface area contributed by atoms with E-state index in [1.54, 1.807) is 7.11 Å². The fourth-order valence-electron chi connectivity index (χ4n) is 3.63. The largest absolute Gasteiger partial charge is 0.497 e. The van der Waals surface area contributed by atoms with Crippen molar-refractivity contribution in [2.24, 2.45) is 0 Å². The molecular weight excluding hydrogens is 282 g/mol. The van der Waals surface area contributed by atoms with Gasteiger partial charge < -0.3 is 14.6 Å². The summed E-state index contributed by atoms with van der Waals surface area (Å²) in [5.74, 6) is 0.576. The lowest BCUT2D eigenvalue weighted by Crippen LogP contribution is -2.45. The van der Waals surface area contributed by atoms with Gasteiger partial charge in [-0.15, -0.1) is 0 Å². The van der Waals surface area contributed by atoms with Crippen LogP contribution in [0.4, 0.5) is 0 Å². The molecule has 3 rings (SSSR count). The summed E-state index contributed by atoms with van der Waals surface area (Å²) < 4.78 is 10.7. The third-order valence-electron chi connectivity index (χ3n) is 4.90. The summed E-state index contributed by atoms with van der Waals surface area (Å²) in [7, 11) is 3.66. The van der Waals surface area contributed by atoms with Crippen LogP contribution in [0.5, 0.6) is 5.75 Å². The molecule has 4 atom stereocenters. The zero-order valence-electron chi connectivity index (χ0n) is 13.1. The molecule has 2 fully saturated rings. The van der Waals surface area contributed by atoms with Gasteiger partial charge in [0, 0.05) is 24.9 Å². The number of likely N-dealkylation sites (N-methyl/N-ethyl adjacent to an activating group) is 1. The standard InChI is InChI=1S/C17H23NO4/c1-18-12-8-14(10-15(18)16(19)9-12)22-17(20)7-11-3-5-13(21-2)6-4-11/h3-6,12,14-16,19H,7-10H2,1-2H3/t12-,14-,15+,16-/m1/s1. The molecule has 0 unspecified atom stereocenters. The maximum Gasteiger partial charge on any atom is 0.310 e. The third-order valence-corrected chi connectivity index (χ3v) is 4.90. The van der Waals surface area contributed by atoms with E-state index in [1.807, 2.05) is 31.3 Å². The lowest BCUT2D eigenvalue weighted by atomic mass is 10.00. The minimum absolute atomic E-state index is 0.0749. The van der Waals surface area contributed by atoms with Crippen molar-refractivity contribution in [2.45, 2.75) is 50.0 Å². The average molecular weight is 305 g/mol. The highest BCUT2D eigenvalue weighted by molar-refractivity contribution is 5.72. The van der Waals surface area contributed by atoms with Crippen LogP contribution in [0.2, 0.25) is 0 Å². The van der Waals surface area contributed by atoms with E-state index in [-0.39, 0.29) is 30.6 Å². The molecule has 0 saturated carbocycles. The van der Waals surface area contributed by atoms with Crippen LogP contribution in [0.25, 0.3) is 0 Å². The van der Waals surface area contributed by atoms with Crippen LogP contribution < -0.4 is 4.74 Å². The lowest BCUT2D eigenvalue weighted by molar-refractivity contribution is -0.151. The molecular formula is C17H23NO4. The van der Waals surface area contributed by atoms with Gasteiger partial charge in [0.05, 0.1) is 19.6 Å². The molecule has 5 heteroatoms. The quantitative estimate of drug-likeness (QED) is 0.852. The van der Waals surface area contributed by atoms with Crippen molar-refractivity contribution >= 4 is 5.97 Å². The minimum Gasteiger partial charge on any atom is -0.497 e. The Morgan fingerprint density at radius 2 is 2.00 bits per heavy atom. The summed E-state index contributed by atoms with van der Waals surface area (Å²) in [6.07, 6.45) is 2.23. The summed E-state index contributed by atoms with van der Waals surface area (Å²) >= 11 is 0. The second kappa shape index (κ2) is 6.26. The summed E-state index contributed by atoms with van der Waals surface area (Å²) in [6.45, 7) is 0. The number of aliphatic hydroxyl groups is 1. The molecule has 0 radical (unpaired) electrons. The fourth-order valence-corrected chi connectivity index (χ4v) is 3.63. The number of hydrogen-bond donors (Lipinski definition) is 1. The van der Waals surface area contributed by atoms with Crippen molar-refractivity contribution in [1.29, 1.82) is 0 Å². The van der Waals surface area contributed by atoms with E-state index in [9.17, 15) is 9.90 Å². The van der Waals surface area contributed by atoms with Gasteiger partial charge in [-0.1, -0.05) is 12.1 Å². The van der Waals surface area contributed by atoms with Crippen LogP contribution in [0.1, 0.15) is 24.8 Å². The molecule has 2 aliphatic rings. The number of rotatable bonds is 4. The lowest BCUT2D eigenvalue weighted by Gasteiger charge is -2.36. The Hall–Kier alpha value is -1.59. The Bertz CT molecular complexity index is 530. The Morgan fingerprint density at radius 3 is 2.64 bits per heavy atom. The first-order valence-corrected chi connectivity index (χ1v) is 7.79. The number of ether oxygens (including phenoxy) is 2. The van der Waals surface area contributed by atoms with Crippen molar-refractivity contribution < 1.29 is 19.4 Å². The summed E-state index contributed by atoms with van der Waals surface area (Å²) in [6, 6.07) is 7.89. The van der Waals surface area contributed by atoms with Gasteiger partial charge in [0.25, 0.3) is 0 Å². The number of fused-ring (bicyclic) bond motifs is 2. The number of piperidine rings is 1. The zero-order chi connectivity index (χ0) is 15.7. The van der Waals surface area contributed by atoms with Gasteiger partial charge in [-0.3, -0.25) is 9.69 Å². The van der Waals surface area contributed by atoms with Crippen LogP contribution in [0.15, 0.2) is 24.3 Å². The second-order valence-corrected chi connectivity index (χ2v) is 6.30. The van der Waals surface area contributed by atoms with Crippen LogP contribution in [0, 0.1) is 0 Å². The maximum atomic E-state index is 12.1. The molecule has 1 N–H and O–H groups in total. The summed E-state index contributed by atoms with van der Waals surface area (Å²) in [5.41, 5.74) is 0.918. The summed E-state index contributed by atoms with van der Waals surface area (Å²) in [5, 5.41) is 10.0. The molecule has 22 heavy (non-hydrogen) atoms. The maximum absolute atomic E-state index is 12.1. The summed E-state index contributed by atoms with van der Waals surface area (Å²) in [4.78, 5) is 14.3. The van der Waals surface area contributed by atoms with E-state index in [4.69, 9.17) is 9.47 Å². The molecule has 2 aliphatic heterocycles. The monoisotopic (exact) mass is 305 g/mol. The van der Waals surface area contributed by atoms with Crippen LogP contribution in [0.3, 0.4) is 0 Å². The van der Waals surface area contributed by atoms with Crippen LogP contribution in [-0.4, -0.2) is 54.4 Å². The first-order valence-electron chi connectivity index (χ1n) is 7.79. The highest BCUT2D eigenvalue weighted by Gasteiger charge is 2.45. The SMILES string of the molecule is COc1ccc(CC(=O)O[C@@H]2C[C@@H]3C[C@@H](O)[C@H](C2)N3C)cc1. The van der Waals surface area contributed by atoms with Gasteiger partial charge in [0.15, 0.2) is 0 Å². The Morgan fingerprint density at radius 1 is 1.27 bits per heavy atom. The average Bonchev–Trinajstić information content (AvgIpc) is 2.67. The highest BCUT2D eigenvalue weighted by atomic mass is 16.5. The van der Waals surface area contributed by atoms with Crippen molar-refractivity contribution in [3.63, 3.8) is 0 Å². The smallest absolute Gasteiger partial charge is 0.310 e. The van der Waals surface area contributed by atoms with Gasteiger partial charge in [-0.05, 0) is 31.2 Å². The Balaban J connectivity index is 1.54. The normalized spacial score (nSPS) is 31.0. The first kappa shape index (κ1) is 15.3. The number of hydrogen-bond acceptors (Lipinski definition) is 5. The van der Waals surface area contributed by atoms with Crippen molar-refractivity contribution in [2.75, 3.05) is 14.2 Å². The molecule has 2 saturated heterocycles. The fraction of sp³-hybridized carbons (Fsp3) is 0.588. The molecule has 2 heterocycles. The third kappa shape index (κ3) is 3.10. The van der Waals surface area contributed by atoms with E-state index in [0.29, 0.717) is 6.04 Å². The number of nitrogens with zero attached hydrogens (tertiary/aromatic N) is 1. The number of aliphatic hydroxyl groups excluding tert-OH is 1. The number of carbonyl (C=O) groups excluding carboxylic acids is 1. The first-order chi connectivity index (χ1) is 10.6. The minimum atomic E-state index is -0.291. The van der Waals surface area contributed by atoms with Gasteiger partial charge in [-0.25, -0.2) is 0 Å². The van der Waals surface area contributed by atoms with E-state index < -0.39 is 0 Å². The van der Waals surface area contributed by atoms with Crippen LogP contribution in [-0.2, 0) is 16.0 Å². The van der Waals surface area contributed by atoms with Crippen molar-refractivity contribution in [3.05, 3.63) is 29.8 Å². The van der Waals surface area contributed by atoms with Crippen LogP contribution >= 0.6 is 0 Å². The number of benzene rings is 1. The number of methoxy groups -OCH3 is 1. The van der Waals surface area contributed by atoms with Crippen molar-refractivity contribution in [3.8, 4) is 5.75 Å². The molecule has 0 aromatic heterocycles. The number of carbonyl (C=O) groups is 1. The van der Waals surface area contributed by atoms with E-state index in [0.717, 1.165) is 30.6 Å².